The van der Waals surface area contributed by atoms with E-state index < -0.39 is 28.8 Å². The quantitative estimate of drug-likeness (QED) is 0.708. The van der Waals surface area contributed by atoms with Gasteiger partial charge < -0.3 is 20.1 Å². The van der Waals surface area contributed by atoms with Crippen LogP contribution in [0.4, 0.5) is 0 Å². The molecule has 6 heteroatoms. The Labute approximate surface area is 111 Å². The van der Waals surface area contributed by atoms with Crippen LogP contribution in [0.25, 0.3) is 0 Å². The van der Waals surface area contributed by atoms with Crippen molar-refractivity contribution in [2.45, 2.75) is 20.8 Å². The van der Waals surface area contributed by atoms with Crippen LogP contribution < -0.4 is 0 Å². The van der Waals surface area contributed by atoms with Crippen molar-refractivity contribution in [1.29, 1.82) is 0 Å². The Morgan fingerprint density at radius 3 is 1.32 bits per heavy atom. The molecular formula is C13H18O6. The molecule has 1 rings (SSSR count). The van der Waals surface area contributed by atoms with Gasteiger partial charge >= 0.3 is 0 Å². The SMILES string of the molecule is CC(=O)c1c(O)c(C)c(O)c(C(C)=O)c1O.COC. The first-order valence-electron chi connectivity index (χ1n) is 5.40. The summed E-state index contributed by atoms with van der Waals surface area (Å²) in [5.41, 5.74) is -0.700. The number of phenolic OH excluding ortho intramolecular Hbond substituents is 3. The van der Waals surface area contributed by atoms with Crippen molar-refractivity contribution in [2.24, 2.45) is 0 Å². The number of aromatic hydroxyl groups is 3. The predicted molar refractivity (Wildman–Crippen MR) is 69.1 cm³/mol. The molecule has 0 atom stereocenters. The van der Waals surface area contributed by atoms with Crippen molar-refractivity contribution < 1.29 is 29.6 Å². The minimum absolute atomic E-state index is 0.00630. The van der Waals surface area contributed by atoms with E-state index in [0.717, 1.165) is 13.8 Å². The summed E-state index contributed by atoms with van der Waals surface area (Å²) in [6, 6.07) is 0. The van der Waals surface area contributed by atoms with Crippen molar-refractivity contribution in [1.82, 2.24) is 0 Å². The summed E-state index contributed by atoms with van der Waals surface area (Å²) >= 11 is 0. The number of ether oxygens (including phenoxy) is 1. The second-order valence-electron chi connectivity index (χ2n) is 3.94. The average molecular weight is 270 g/mol. The summed E-state index contributed by atoms with van der Waals surface area (Å²) in [6.45, 7) is 3.65. The molecule has 3 N–H and O–H groups in total. The fourth-order valence-electron chi connectivity index (χ4n) is 1.50. The highest BCUT2D eigenvalue weighted by atomic mass is 16.4. The summed E-state index contributed by atoms with van der Waals surface area (Å²) in [5.74, 6) is -2.86. The van der Waals surface area contributed by atoms with Crippen molar-refractivity contribution in [3.8, 4) is 17.2 Å². The van der Waals surface area contributed by atoms with E-state index in [1.54, 1.807) is 14.2 Å². The molecule has 0 heterocycles. The zero-order valence-corrected chi connectivity index (χ0v) is 11.6. The molecule has 0 aliphatic heterocycles. The lowest BCUT2D eigenvalue weighted by atomic mass is 9.97. The Kier molecular flexibility index (Phi) is 6.01. The van der Waals surface area contributed by atoms with E-state index >= 15 is 0 Å². The number of methoxy groups -OCH3 is 1. The highest BCUT2D eigenvalue weighted by molar-refractivity contribution is 6.08. The Bertz CT molecular complexity index is 463. The maximum absolute atomic E-state index is 11.2. The first kappa shape index (κ1) is 16.9. The monoisotopic (exact) mass is 270 g/mol. The Balaban J connectivity index is 0.000000982. The summed E-state index contributed by atoms with van der Waals surface area (Å²) < 4.78 is 4.25. The molecule has 0 bridgehead atoms. The van der Waals surface area contributed by atoms with Gasteiger partial charge in [-0.3, -0.25) is 9.59 Å². The van der Waals surface area contributed by atoms with Crippen LogP contribution in [0, 0.1) is 6.92 Å². The number of benzene rings is 1. The van der Waals surface area contributed by atoms with Gasteiger partial charge in [0.1, 0.15) is 28.4 Å². The minimum Gasteiger partial charge on any atom is -0.507 e. The first-order chi connectivity index (χ1) is 8.70. The van der Waals surface area contributed by atoms with Crippen molar-refractivity contribution in [3.05, 3.63) is 16.7 Å². The molecule has 0 aromatic heterocycles. The number of hydrogen-bond donors (Lipinski definition) is 3. The van der Waals surface area contributed by atoms with Gasteiger partial charge in [-0.2, -0.15) is 0 Å². The fourth-order valence-corrected chi connectivity index (χ4v) is 1.50. The molecule has 6 nitrogen and oxygen atoms in total. The Morgan fingerprint density at radius 2 is 1.11 bits per heavy atom. The van der Waals surface area contributed by atoms with Gasteiger partial charge in [-0.25, -0.2) is 0 Å². The molecule has 0 aliphatic rings. The largest absolute Gasteiger partial charge is 0.507 e. The van der Waals surface area contributed by atoms with Gasteiger partial charge in [-0.15, -0.1) is 0 Å². The first-order valence-corrected chi connectivity index (χ1v) is 5.40. The van der Waals surface area contributed by atoms with Crippen LogP contribution in [0.5, 0.6) is 17.2 Å². The highest BCUT2D eigenvalue weighted by Gasteiger charge is 2.25. The molecule has 0 amide bonds. The summed E-state index contributed by atoms with van der Waals surface area (Å²) in [7, 11) is 3.25. The van der Waals surface area contributed by atoms with Gasteiger partial charge in [0.05, 0.1) is 0 Å². The van der Waals surface area contributed by atoms with Crippen molar-refractivity contribution >= 4 is 11.6 Å². The molecule has 0 spiro atoms. The number of Topliss-reactive ketones (excluding diaryl/α,β-unsaturated/α-hetero) is 2. The summed E-state index contributed by atoms with van der Waals surface area (Å²) in [4.78, 5) is 22.4. The fraction of sp³-hybridized carbons (Fsp3) is 0.385. The standard InChI is InChI=1S/C11H12O5.C2H6O/c1-4-9(14)7(5(2)12)11(16)8(6(3)13)10(4)15;1-3-2/h14-16H,1-3H3;1-2H3. The third-order valence-corrected chi connectivity index (χ3v) is 2.36. The number of rotatable bonds is 2. The van der Waals surface area contributed by atoms with E-state index in [-0.39, 0.29) is 16.7 Å². The molecule has 106 valence electrons. The number of phenols is 3. The molecule has 0 saturated heterocycles. The molecule has 0 saturated carbocycles. The van der Waals surface area contributed by atoms with Gasteiger partial charge in [0.2, 0.25) is 0 Å². The molecular weight excluding hydrogens is 252 g/mol. The van der Waals surface area contributed by atoms with E-state index in [2.05, 4.69) is 4.74 Å². The third kappa shape index (κ3) is 3.45. The number of hydrogen-bond acceptors (Lipinski definition) is 6. The lowest BCUT2D eigenvalue weighted by molar-refractivity contribution is 0.101. The lowest BCUT2D eigenvalue weighted by Gasteiger charge is -2.13. The second kappa shape index (κ2) is 6.75. The Morgan fingerprint density at radius 1 is 0.842 bits per heavy atom. The number of carbonyl (C=O) groups excluding carboxylic acids is 2. The molecule has 1 aromatic rings. The van der Waals surface area contributed by atoms with Gasteiger partial charge in [-0.05, 0) is 20.8 Å². The smallest absolute Gasteiger partial charge is 0.167 e. The maximum atomic E-state index is 11.2. The Hall–Kier alpha value is -2.08. The second-order valence-corrected chi connectivity index (χ2v) is 3.94. The van der Waals surface area contributed by atoms with Crippen molar-refractivity contribution in [3.63, 3.8) is 0 Å². The molecule has 0 aliphatic carbocycles. The molecule has 1 aromatic carbocycles. The molecule has 0 unspecified atom stereocenters. The highest BCUT2D eigenvalue weighted by Crippen LogP contribution is 2.41. The van der Waals surface area contributed by atoms with Crippen LogP contribution in [0.2, 0.25) is 0 Å². The number of carbonyl (C=O) groups is 2. The minimum atomic E-state index is -0.680. The topological polar surface area (TPSA) is 104 Å². The van der Waals surface area contributed by atoms with Gasteiger partial charge in [0.15, 0.2) is 11.6 Å². The summed E-state index contributed by atoms with van der Waals surface area (Å²) in [6.07, 6.45) is 0. The normalized spacial score (nSPS) is 9.53. The van der Waals surface area contributed by atoms with Crippen LogP contribution in [0.1, 0.15) is 40.1 Å². The maximum Gasteiger partial charge on any atom is 0.167 e. The number of ketones is 2. The van der Waals surface area contributed by atoms with E-state index in [0.29, 0.717) is 0 Å². The van der Waals surface area contributed by atoms with Crippen LogP contribution in [-0.2, 0) is 4.74 Å². The zero-order valence-electron chi connectivity index (χ0n) is 11.6. The van der Waals surface area contributed by atoms with E-state index in [4.69, 9.17) is 0 Å². The average Bonchev–Trinajstić information content (AvgIpc) is 2.26. The van der Waals surface area contributed by atoms with Crippen LogP contribution in [0.3, 0.4) is 0 Å². The van der Waals surface area contributed by atoms with Crippen LogP contribution in [-0.4, -0.2) is 41.1 Å². The van der Waals surface area contributed by atoms with Crippen LogP contribution >= 0.6 is 0 Å². The van der Waals surface area contributed by atoms with Crippen molar-refractivity contribution in [2.75, 3.05) is 14.2 Å². The lowest BCUT2D eigenvalue weighted by Crippen LogP contribution is -2.03. The van der Waals surface area contributed by atoms with Gasteiger partial charge in [0, 0.05) is 19.8 Å². The van der Waals surface area contributed by atoms with E-state index in [1.807, 2.05) is 0 Å². The van der Waals surface area contributed by atoms with E-state index in [1.165, 1.54) is 6.92 Å². The predicted octanol–water partition coefficient (Wildman–Crippen LogP) is 1.78. The van der Waals surface area contributed by atoms with Gasteiger partial charge in [0.25, 0.3) is 0 Å². The van der Waals surface area contributed by atoms with Gasteiger partial charge in [-0.1, -0.05) is 0 Å². The van der Waals surface area contributed by atoms with E-state index in [9.17, 15) is 24.9 Å². The molecule has 0 fully saturated rings. The van der Waals surface area contributed by atoms with Crippen LogP contribution in [0.15, 0.2) is 0 Å². The zero-order chi connectivity index (χ0) is 15.3. The molecule has 0 radical (unpaired) electrons. The molecule has 19 heavy (non-hydrogen) atoms. The summed E-state index contributed by atoms with van der Waals surface area (Å²) in [5, 5.41) is 28.8. The third-order valence-electron chi connectivity index (χ3n) is 2.36.